The molecular weight excluding hydrogens is 250 g/mol. The quantitative estimate of drug-likeness (QED) is 0.887. The minimum atomic E-state index is 0.258. The first-order valence-electron chi connectivity index (χ1n) is 7.49. The molecule has 0 aromatic heterocycles. The van der Waals surface area contributed by atoms with E-state index < -0.39 is 0 Å². The third-order valence-electron chi connectivity index (χ3n) is 4.53. The number of fused-ring (bicyclic) bond motifs is 1. The first-order chi connectivity index (χ1) is 9.74. The Morgan fingerprint density at radius 3 is 2.95 bits per heavy atom. The van der Waals surface area contributed by atoms with Gasteiger partial charge in [-0.05, 0) is 37.6 Å². The topological polar surface area (TPSA) is 35.6 Å². The molecular formula is C16H23N3O. The van der Waals surface area contributed by atoms with E-state index in [1.807, 2.05) is 4.90 Å². The average Bonchev–Trinajstić information content (AvgIpc) is 3.01. The standard InChI is InChI=1S/C16H23N3O/c1-18(15-6-8-17-10-15)12-16(20)19-9-7-13-4-2-3-5-14(13)11-19/h2-5,15,17H,6-12H2,1H3. The van der Waals surface area contributed by atoms with Crippen LogP contribution in [0.3, 0.4) is 0 Å². The van der Waals surface area contributed by atoms with Crippen molar-refractivity contribution in [2.24, 2.45) is 0 Å². The van der Waals surface area contributed by atoms with Crippen LogP contribution in [0, 0.1) is 0 Å². The van der Waals surface area contributed by atoms with Crippen LogP contribution in [0.2, 0.25) is 0 Å². The number of rotatable bonds is 3. The molecule has 4 heteroatoms. The van der Waals surface area contributed by atoms with E-state index in [4.69, 9.17) is 0 Å². The van der Waals surface area contributed by atoms with E-state index in [-0.39, 0.29) is 5.91 Å². The van der Waals surface area contributed by atoms with Crippen molar-refractivity contribution in [3.63, 3.8) is 0 Å². The molecule has 2 aliphatic rings. The van der Waals surface area contributed by atoms with Crippen molar-refractivity contribution in [1.82, 2.24) is 15.1 Å². The summed E-state index contributed by atoms with van der Waals surface area (Å²) < 4.78 is 0. The molecule has 1 aromatic rings. The van der Waals surface area contributed by atoms with Crippen LogP contribution >= 0.6 is 0 Å². The highest BCUT2D eigenvalue weighted by molar-refractivity contribution is 5.78. The molecule has 1 amide bonds. The van der Waals surface area contributed by atoms with Gasteiger partial charge in [0, 0.05) is 25.7 Å². The van der Waals surface area contributed by atoms with Crippen LogP contribution in [0.4, 0.5) is 0 Å². The van der Waals surface area contributed by atoms with Gasteiger partial charge in [0.1, 0.15) is 0 Å². The Balaban J connectivity index is 1.58. The van der Waals surface area contributed by atoms with Crippen LogP contribution in [0.1, 0.15) is 17.5 Å². The lowest BCUT2D eigenvalue weighted by atomic mass is 10.00. The molecule has 0 aliphatic carbocycles. The molecule has 0 spiro atoms. The SMILES string of the molecule is CN(CC(=O)N1CCc2ccccc2C1)C1CCNC1. The molecule has 2 heterocycles. The Labute approximate surface area is 120 Å². The molecule has 20 heavy (non-hydrogen) atoms. The van der Waals surface area contributed by atoms with Crippen molar-refractivity contribution in [1.29, 1.82) is 0 Å². The van der Waals surface area contributed by atoms with Gasteiger partial charge in [0.25, 0.3) is 0 Å². The van der Waals surface area contributed by atoms with E-state index in [0.717, 1.165) is 39.0 Å². The van der Waals surface area contributed by atoms with Gasteiger partial charge in [-0.1, -0.05) is 24.3 Å². The van der Waals surface area contributed by atoms with Crippen molar-refractivity contribution in [2.45, 2.75) is 25.4 Å². The van der Waals surface area contributed by atoms with E-state index in [0.29, 0.717) is 12.6 Å². The van der Waals surface area contributed by atoms with Crippen molar-refractivity contribution < 1.29 is 4.79 Å². The average molecular weight is 273 g/mol. The molecule has 0 bridgehead atoms. The van der Waals surface area contributed by atoms with Gasteiger partial charge < -0.3 is 10.2 Å². The summed E-state index contributed by atoms with van der Waals surface area (Å²) in [5.41, 5.74) is 2.70. The summed E-state index contributed by atoms with van der Waals surface area (Å²) in [6.45, 7) is 4.24. The summed E-state index contributed by atoms with van der Waals surface area (Å²) in [5.74, 6) is 0.258. The predicted molar refractivity (Wildman–Crippen MR) is 79.5 cm³/mol. The van der Waals surface area contributed by atoms with Crippen LogP contribution in [0.5, 0.6) is 0 Å². The monoisotopic (exact) mass is 273 g/mol. The van der Waals surface area contributed by atoms with Crippen LogP contribution < -0.4 is 5.32 Å². The maximum absolute atomic E-state index is 12.4. The zero-order chi connectivity index (χ0) is 13.9. The van der Waals surface area contributed by atoms with Gasteiger partial charge in [-0.25, -0.2) is 0 Å². The van der Waals surface area contributed by atoms with Gasteiger partial charge in [0.05, 0.1) is 6.54 Å². The number of nitrogens with zero attached hydrogens (tertiary/aromatic N) is 2. The molecule has 1 aromatic carbocycles. The number of carbonyl (C=O) groups is 1. The van der Waals surface area contributed by atoms with Crippen LogP contribution in [0.25, 0.3) is 0 Å². The van der Waals surface area contributed by atoms with E-state index in [9.17, 15) is 4.79 Å². The smallest absolute Gasteiger partial charge is 0.237 e. The molecule has 0 saturated carbocycles. The summed E-state index contributed by atoms with van der Waals surface area (Å²) in [7, 11) is 2.06. The second kappa shape index (κ2) is 5.94. The number of hydrogen-bond acceptors (Lipinski definition) is 3. The molecule has 1 unspecified atom stereocenters. The van der Waals surface area contributed by atoms with E-state index >= 15 is 0 Å². The van der Waals surface area contributed by atoms with Crippen molar-refractivity contribution in [2.75, 3.05) is 33.2 Å². The van der Waals surface area contributed by atoms with E-state index in [2.05, 4.69) is 41.5 Å². The third-order valence-corrected chi connectivity index (χ3v) is 4.53. The molecule has 3 rings (SSSR count). The van der Waals surface area contributed by atoms with Gasteiger partial charge in [0.15, 0.2) is 0 Å². The molecule has 1 saturated heterocycles. The van der Waals surface area contributed by atoms with Gasteiger partial charge in [-0.15, -0.1) is 0 Å². The second-order valence-electron chi connectivity index (χ2n) is 5.90. The van der Waals surface area contributed by atoms with Gasteiger partial charge in [-0.2, -0.15) is 0 Å². The summed E-state index contributed by atoms with van der Waals surface area (Å²) in [4.78, 5) is 16.6. The molecule has 2 aliphatic heterocycles. The van der Waals surface area contributed by atoms with Gasteiger partial charge >= 0.3 is 0 Å². The van der Waals surface area contributed by atoms with E-state index in [1.165, 1.54) is 11.1 Å². The maximum Gasteiger partial charge on any atom is 0.237 e. The molecule has 4 nitrogen and oxygen atoms in total. The lowest BCUT2D eigenvalue weighted by Gasteiger charge is -2.31. The van der Waals surface area contributed by atoms with Crippen LogP contribution in [-0.2, 0) is 17.8 Å². The first kappa shape index (κ1) is 13.6. The Bertz CT molecular complexity index is 482. The van der Waals surface area contributed by atoms with Crippen molar-refractivity contribution in [3.8, 4) is 0 Å². The van der Waals surface area contributed by atoms with Gasteiger partial charge in [-0.3, -0.25) is 9.69 Å². The van der Waals surface area contributed by atoms with Crippen LogP contribution in [-0.4, -0.2) is 55.0 Å². The number of amides is 1. The first-order valence-corrected chi connectivity index (χ1v) is 7.49. The number of nitrogens with one attached hydrogen (secondary N) is 1. The lowest BCUT2D eigenvalue weighted by Crippen LogP contribution is -2.45. The summed E-state index contributed by atoms with van der Waals surface area (Å²) >= 11 is 0. The Morgan fingerprint density at radius 1 is 1.40 bits per heavy atom. The Hall–Kier alpha value is -1.39. The molecule has 0 radical (unpaired) electrons. The lowest BCUT2D eigenvalue weighted by molar-refractivity contribution is -0.133. The minimum absolute atomic E-state index is 0.258. The normalized spacial score (nSPS) is 22.1. The fourth-order valence-electron chi connectivity index (χ4n) is 3.17. The molecule has 1 atom stereocenters. The third kappa shape index (κ3) is 2.86. The number of hydrogen-bond donors (Lipinski definition) is 1. The summed E-state index contributed by atoms with van der Waals surface area (Å²) in [5, 5.41) is 3.35. The Kier molecular flexibility index (Phi) is 4.03. The molecule has 108 valence electrons. The highest BCUT2D eigenvalue weighted by Crippen LogP contribution is 2.18. The highest BCUT2D eigenvalue weighted by Gasteiger charge is 2.25. The zero-order valence-electron chi connectivity index (χ0n) is 12.1. The molecule has 1 N–H and O–H groups in total. The van der Waals surface area contributed by atoms with Crippen molar-refractivity contribution >= 4 is 5.91 Å². The number of carbonyl (C=O) groups excluding carboxylic acids is 1. The molecule has 1 fully saturated rings. The Morgan fingerprint density at radius 2 is 2.20 bits per heavy atom. The predicted octanol–water partition coefficient (Wildman–Crippen LogP) is 0.865. The summed E-state index contributed by atoms with van der Waals surface area (Å²) in [6, 6.07) is 8.96. The van der Waals surface area contributed by atoms with Gasteiger partial charge in [0.2, 0.25) is 5.91 Å². The minimum Gasteiger partial charge on any atom is -0.337 e. The number of benzene rings is 1. The summed E-state index contributed by atoms with van der Waals surface area (Å²) in [6.07, 6.45) is 2.13. The van der Waals surface area contributed by atoms with Crippen molar-refractivity contribution in [3.05, 3.63) is 35.4 Å². The largest absolute Gasteiger partial charge is 0.337 e. The fourth-order valence-corrected chi connectivity index (χ4v) is 3.17. The van der Waals surface area contributed by atoms with Crippen LogP contribution in [0.15, 0.2) is 24.3 Å². The van der Waals surface area contributed by atoms with E-state index in [1.54, 1.807) is 0 Å². The fraction of sp³-hybridized carbons (Fsp3) is 0.562. The highest BCUT2D eigenvalue weighted by atomic mass is 16.2. The maximum atomic E-state index is 12.4. The number of likely N-dealkylation sites (N-methyl/N-ethyl adjacent to an activating group) is 1. The second-order valence-corrected chi connectivity index (χ2v) is 5.90. The zero-order valence-corrected chi connectivity index (χ0v) is 12.1.